The Balaban J connectivity index is 2.10. The Hall–Kier alpha value is -3.02. The van der Waals surface area contributed by atoms with Gasteiger partial charge in [0.05, 0.1) is 0 Å². The highest BCUT2D eigenvalue weighted by Gasteiger charge is 2.11. The fourth-order valence-corrected chi connectivity index (χ4v) is 2.12. The normalized spacial score (nSPS) is 10.4. The largest absolute Gasteiger partial charge is 0.507 e. The molecule has 0 aliphatic heterocycles. The zero-order valence-electron chi connectivity index (χ0n) is 11.5. The maximum atomic E-state index is 10.8. The van der Waals surface area contributed by atoms with Crippen LogP contribution >= 0.6 is 0 Å². The quantitative estimate of drug-likeness (QED) is 0.673. The van der Waals surface area contributed by atoms with Gasteiger partial charge in [-0.05, 0) is 48.2 Å². The molecule has 22 heavy (non-hydrogen) atoms. The van der Waals surface area contributed by atoms with E-state index in [0.29, 0.717) is 12.8 Å². The summed E-state index contributed by atoms with van der Waals surface area (Å²) in [6.07, 6.45) is 1.03. The lowest BCUT2D eigenvalue weighted by atomic mass is 10.0. The fraction of sp³-hybridized carbons (Fsp3) is 0.125. The molecule has 0 unspecified atom stereocenters. The summed E-state index contributed by atoms with van der Waals surface area (Å²) in [4.78, 5) is 21.6. The lowest BCUT2D eigenvalue weighted by Crippen LogP contribution is -1.99. The van der Waals surface area contributed by atoms with Crippen LogP contribution in [0.3, 0.4) is 0 Å². The highest BCUT2D eigenvalue weighted by atomic mass is 16.4. The van der Waals surface area contributed by atoms with E-state index >= 15 is 0 Å². The van der Waals surface area contributed by atoms with Crippen molar-refractivity contribution in [3.63, 3.8) is 0 Å². The van der Waals surface area contributed by atoms with Crippen LogP contribution in [-0.2, 0) is 12.8 Å². The van der Waals surface area contributed by atoms with Crippen molar-refractivity contribution in [1.29, 1.82) is 0 Å². The van der Waals surface area contributed by atoms with Crippen LogP contribution in [0.2, 0.25) is 0 Å². The summed E-state index contributed by atoms with van der Waals surface area (Å²) in [6.45, 7) is 0. The van der Waals surface area contributed by atoms with Gasteiger partial charge in [-0.3, -0.25) is 0 Å². The Kier molecular flexibility index (Phi) is 4.31. The number of carboxylic acids is 2. The Labute approximate surface area is 125 Å². The van der Waals surface area contributed by atoms with E-state index in [9.17, 15) is 19.8 Å². The van der Waals surface area contributed by atoms with E-state index in [1.54, 1.807) is 12.1 Å². The van der Waals surface area contributed by atoms with E-state index in [-0.39, 0.29) is 22.6 Å². The molecule has 114 valence electrons. The number of hydrogen-bond acceptors (Lipinski definition) is 4. The van der Waals surface area contributed by atoms with Gasteiger partial charge < -0.3 is 20.4 Å². The van der Waals surface area contributed by atoms with Gasteiger partial charge in [-0.2, -0.15) is 0 Å². The second-order valence-electron chi connectivity index (χ2n) is 4.81. The van der Waals surface area contributed by atoms with Gasteiger partial charge in [-0.15, -0.1) is 0 Å². The molecule has 0 aliphatic rings. The van der Waals surface area contributed by atoms with Crippen molar-refractivity contribution in [1.82, 2.24) is 0 Å². The zero-order chi connectivity index (χ0) is 16.3. The highest BCUT2D eigenvalue weighted by Crippen LogP contribution is 2.22. The van der Waals surface area contributed by atoms with Crippen LogP contribution in [0.5, 0.6) is 11.5 Å². The van der Waals surface area contributed by atoms with Gasteiger partial charge in [-0.1, -0.05) is 12.1 Å². The Morgan fingerprint density at radius 1 is 0.727 bits per heavy atom. The molecular weight excluding hydrogens is 288 g/mol. The molecule has 0 fully saturated rings. The fourth-order valence-electron chi connectivity index (χ4n) is 2.12. The van der Waals surface area contributed by atoms with E-state index in [1.165, 1.54) is 24.3 Å². The van der Waals surface area contributed by atoms with Gasteiger partial charge >= 0.3 is 11.9 Å². The Morgan fingerprint density at radius 2 is 1.09 bits per heavy atom. The zero-order valence-corrected chi connectivity index (χ0v) is 11.5. The third-order valence-electron chi connectivity index (χ3n) is 3.29. The van der Waals surface area contributed by atoms with Crippen molar-refractivity contribution < 1.29 is 30.0 Å². The van der Waals surface area contributed by atoms with Gasteiger partial charge in [0.2, 0.25) is 0 Å². The predicted molar refractivity (Wildman–Crippen MR) is 77.5 cm³/mol. The van der Waals surface area contributed by atoms with Crippen molar-refractivity contribution in [2.75, 3.05) is 0 Å². The summed E-state index contributed by atoms with van der Waals surface area (Å²) < 4.78 is 0. The number of benzene rings is 2. The molecule has 0 saturated carbocycles. The van der Waals surface area contributed by atoms with Crippen molar-refractivity contribution >= 4 is 11.9 Å². The lowest BCUT2D eigenvalue weighted by molar-refractivity contribution is 0.0682. The number of phenols is 2. The van der Waals surface area contributed by atoms with Crippen molar-refractivity contribution in [2.24, 2.45) is 0 Å². The van der Waals surface area contributed by atoms with E-state index < -0.39 is 11.9 Å². The second kappa shape index (κ2) is 6.17. The molecule has 2 rings (SSSR count). The van der Waals surface area contributed by atoms with E-state index in [1.807, 2.05) is 0 Å². The molecule has 6 nitrogen and oxygen atoms in total. The molecular formula is C16H14O6. The maximum absolute atomic E-state index is 10.8. The van der Waals surface area contributed by atoms with Crippen LogP contribution in [-0.4, -0.2) is 32.4 Å². The first-order chi connectivity index (χ1) is 10.4. The SMILES string of the molecule is O=C(O)c1ccc(CCc2ccc(C(=O)O)c(O)c2)cc1O. The lowest BCUT2D eigenvalue weighted by Gasteiger charge is -2.06. The average molecular weight is 302 g/mol. The van der Waals surface area contributed by atoms with Crippen LogP contribution in [0.15, 0.2) is 36.4 Å². The van der Waals surface area contributed by atoms with Crippen LogP contribution < -0.4 is 0 Å². The highest BCUT2D eigenvalue weighted by molar-refractivity contribution is 5.91. The predicted octanol–water partition coefficient (Wildman–Crippen LogP) is 2.28. The molecule has 6 heteroatoms. The Bertz CT molecular complexity index is 672. The molecule has 0 saturated heterocycles. The molecule has 0 spiro atoms. The maximum Gasteiger partial charge on any atom is 0.339 e. The molecule has 0 aromatic heterocycles. The molecule has 0 bridgehead atoms. The number of carboxylic acid groups (broad SMARTS) is 2. The molecule has 0 radical (unpaired) electrons. The minimum absolute atomic E-state index is 0.160. The monoisotopic (exact) mass is 302 g/mol. The molecule has 0 aliphatic carbocycles. The van der Waals surface area contributed by atoms with Crippen molar-refractivity contribution in [3.05, 3.63) is 58.7 Å². The minimum atomic E-state index is -1.20. The minimum Gasteiger partial charge on any atom is -0.507 e. The molecule has 4 N–H and O–H groups in total. The third kappa shape index (κ3) is 3.35. The van der Waals surface area contributed by atoms with Gasteiger partial charge in [0.25, 0.3) is 0 Å². The smallest absolute Gasteiger partial charge is 0.339 e. The summed E-state index contributed by atoms with van der Waals surface area (Å²) in [6, 6.07) is 8.64. The number of aryl methyl sites for hydroxylation is 2. The molecule has 0 heterocycles. The first-order valence-electron chi connectivity index (χ1n) is 6.49. The second-order valence-corrected chi connectivity index (χ2v) is 4.81. The Morgan fingerprint density at radius 3 is 1.36 bits per heavy atom. The van der Waals surface area contributed by atoms with E-state index in [2.05, 4.69) is 0 Å². The molecule has 0 atom stereocenters. The van der Waals surface area contributed by atoms with Gasteiger partial charge in [-0.25, -0.2) is 9.59 Å². The molecule has 2 aromatic carbocycles. The van der Waals surface area contributed by atoms with Crippen LogP contribution in [0.4, 0.5) is 0 Å². The van der Waals surface area contributed by atoms with Gasteiger partial charge in [0, 0.05) is 0 Å². The summed E-state index contributed by atoms with van der Waals surface area (Å²) in [5.74, 6) is -2.99. The van der Waals surface area contributed by atoms with E-state index in [0.717, 1.165) is 11.1 Å². The van der Waals surface area contributed by atoms with E-state index in [4.69, 9.17) is 10.2 Å². The summed E-state index contributed by atoms with van der Waals surface area (Å²) in [7, 11) is 0. The number of carbonyl (C=O) groups is 2. The molecule has 0 amide bonds. The van der Waals surface area contributed by atoms with Crippen molar-refractivity contribution in [3.8, 4) is 11.5 Å². The first kappa shape index (κ1) is 15.4. The van der Waals surface area contributed by atoms with Gasteiger partial charge in [0.1, 0.15) is 22.6 Å². The topological polar surface area (TPSA) is 115 Å². The van der Waals surface area contributed by atoms with Crippen molar-refractivity contribution in [2.45, 2.75) is 12.8 Å². The van der Waals surface area contributed by atoms with Crippen LogP contribution in [0.25, 0.3) is 0 Å². The average Bonchev–Trinajstić information content (AvgIpc) is 2.44. The summed E-state index contributed by atoms with van der Waals surface area (Å²) >= 11 is 0. The standard InChI is InChI=1S/C16H14O6/c17-13-7-9(3-5-11(13)15(19)20)1-2-10-4-6-12(16(21)22)14(18)8-10/h3-8,17-18H,1-2H2,(H,19,20)(H,21,22). The number of aromatic hydroxyl groups is 2. The van der Waals surface area contributed by atoms with Crippen LogP contribution in [0, 0.1) is 0 Å². The number of hydrogen-bond donors (Lipinski definition) is 4. The number of rotatable bonds is 5. The summed E-state index contributed by atoms with van der Waals surface area (Å²) in [5, 5.41) is 36.9. The number of aromatic carboxylic acids is 2. The van der Waals surface area contributed by atoms with Crippen LogP contribution in [0.1, 0.15) is 31.8 Å². The molecule has 2 aromatic rings. The first-order valence-corrected chi connectivity index (χ1v) is 6.49. The van der Waals surface area contributed by atoms with Gasteiger partial charge in [0.15, 0.2) is 0 Å². The summed E-state index contributed by atoms with van der Waals surface area (Å²) in [5.41, 5.74) is 1.16. The third-order valence-corrected chi connectivity index (χ3v) is 3.29.